The summed E-state index contributed by atoms with van der Waals surface area (Å²) in [5.41, 5.74) is 0.973. The summed E-state index contributed by atoms with van der Waals surface area (Å²) >= 11 is 1.61. The van der Waals surface area contributed by atoms with Gasteiger partial charge in [-0.2, -0.15) is 4.98 Å². The maximum absolute atomic E-state index is 5.50. The molecule has 0 aliphatic heterocycles. The fourth-order valence-electron chi connectivity index (χ4n) is 1.96. The third-order valence-electron chi connectivity index (χ3n) is 2.87. The molecule has 0 unspecified atom stereocenters. The highest BCUT2D eigenvalue weighted by Gasteiger charge is 2.06. The zero-order chi connectivity index (χ0) is 14.7. The minimum Gasteiger partial charge on any atom is -0.494 e. The van der Waals surface area contributed by atoms with Gasteiger partial charge in [-0.1, -0.05) is 16.5 Å². The van der Waals surface area contributed by atoms with Crippen LogP contribution in [0.15, 0.2) is 22.7 Å². The molecule has 0 saturated carbocycles. The van der Waals surface area contributed by atoms with E-state index in [1.165, 1.54) is 0 Å². The number of aromatic nitrogens is 3. The van der Waals surface area contributed by atoms with Crippen molar-refractivity contribution in [1.29, 1.82) is 0 Å². The molecule has 0 atom stereocenters. The molecule has 2 heterocycles. The lowest BCUT2D eigenvalue weighted by molar-refractivity contribution is 0.341. The highest BCUT2D eigenvalue weighted by Crippen LogP contribution is 2.29. The molecular formula is C14H16N4O2S. The molecule has 0 amide bonds. The van der Waals surface area contributed by atoms with Crippen molar-refractivity contribution in [1.82, 2.24) is 15.1 Å². The van der Waals surface area contributed by atoms with Crippen LogP contribution >= 0.6 is 11.3 Å². The first-order valence-electron chi connectivity index (χ1n) is 6.81. The Hall–Kier alpha value is -2.15. The van der Waals surface area contributed by atoms with Gasteiger partial charge in [0.25, 0.3) is 0 Å². The van der Waals surface area contributed by atoms with Crippen LogP contribution in [0.5, 0.6) is 5.75 Å². The number of benzene rings is 1. The molecule has 0 spiro atoms. The van der Waals surface area contributed by atoms with E-state index in [9.17, 15) is 0 Å². The van der Waals surface area contributed by atoms with E-state index in [1.807, 2.05) is 25.1 Å². The summed E-state index contributed by atoms with van der Waals surface area (Å²) in [4.78, 5) is 8.70. The predicted molar refractivity (Wildman–Crippen MR) is 82.0 cm³/mol. The Morgan fingerprint density at radius 1 is 1.33 bits per heavy atom. The minimum atomic E-state index is 0.591. The molecule has 7 heteroatoms. The first-order chi connectivity index (χ1) is 10.2. The van der Waals surface area contributed by atoms with Crippen molar-refractivity contribution >= 4 is 26.7 Å². The molecule has 2 aromatic heterocycles. The van der Waals surface area contributed by atoms with Crippen molar-refractivity contribution in [2.45, 2.75) is 20.3 Å². The van der Waals surface area contributed by atoms with Crippen LogP contribution in [0, 0.1) is 6.92 Å². The fraction of sp³-hybridized carbons (Fsp3) is 0.357. The molecule has 21 heavy (non-hydrogen) atoms. The summed E-state index contributed by atoms with van der Waals surface area (Å²) in [6.07, 6.45) is 0.706. The van der Waals surface area contributed by atoms with Gasteiger partial charge in [0.15, 0.2) is 11.0 Å². The highest BCUT2D eigenvalue weighted by atomic mass is 32.1. The lowest BCUT2D eigenvalue weighted by atomic mass is 10.3. The summed E-state index contributed by atoms with van der Waals surface area (Å²) in [6, 6.07) is 5.94. The van der Waals surface area contributed by atoms with Crippen LogP contribution in [0.1, 0.15) is 18.6 Å². The van der Waals surface area contributed by atoms with Gasteiger partial charge >= 0.3 is 0 Å². The highest BCUT2D eigenvalue weighted by molar-refractivity contribution is 7.22. The van der Waals surface area contributed by atoms with Gasteiger partial charge in [0.1, 0.15) is 5.75 Å². The summed E-state index contributed by atoms with van der Waals surface area (Å²) < 4.78 is 11.5. The molecule has 1 N–H and O–H groups in total. The second kappa shape index (κ2) is 6.09. The van der Waals surface area contributed by atoms with E-state index >= 15 is 0 Å². The van der Waals surface area contributed by atoms with E-state index in [1.54, 1.807) is 18.3 Å². The van der Waals surface area contributed by atoms with Gasteiger partial charge in [0, 0.05) is 19.9 Å². The van der Waals surface area contributed by atoms with Crippen molar-refractivity contribution in [2.24, 2.45) is 0 Å². The van der Waals surface area contributed by atoms with Crippen LogP contribution in [0.3, 0.4) is 0 Å². The van der Waals surface area contributed by atoms with Crippen molar-refractivity contribution in [3.63, 3.8) is 0 Å². The van der Waals surface area contributed by atoms with Gasteiger partial charge in [-0.3, -0.25) is 0 Å². The smallest absolute Gasteiger partial charge is 0.223 e. The quantitative estimate of drug-likeness (QED) is 0.754. The Kier molecular flexibility index (Phi) is 4.01. The molecule has 3 aromatic rings. The van der Waals surface area contributed by atoms with E-state index in [2.05, 4.69) is 20.4 Å². The topological polar surface area (TPSA) is 73.1 Å². The number of hydrogen-bond acceptors (Lipinski definition) is 7. The second-order valence-corrected chi connectivity index (χ2v) is 5.52. The molecule has 6 nitrogen and oxygen atoms in total. The van der Waals surface area contributed by atoms with Crippen LogP contribution in [-0.2, 0) is 6.42 Å². The molecule has 1 aromatic carbocycles. The van der Waals surface area contributed by atoms with Crippen molar-refractivity contribution in [3.05, 3.63) is 29.9 Å². The molecular weight excluding hydrogens is 288 g/mol. The van der Waals surface area contributed by atoms with Gasteiger partial charge in [0.2, 0.25) is 5.89 Å². The van der Waals surface area contributed by atoms with Crippen LogP contribution < -0.4 is 10.1 Å². The third kappa shape index (κ3) is 3.30. The third-order valence-corrected chi connectivity index (χ3v) is 3.84. The Morgan fingerprint density at radius 2 is 2.24 bits per heavy atom. The summed E-state index contributed by atoms with van der Waals surface area (Å²) in [5, 5.41) is 8.04. The normalized spacial score (nSPS) is 11.0. The van der Waals surface area contributed by atoms with Crippen LogP contribution in [-0.4, -0.2) is 28.3 Å². The first kappa shape index (κ1) is 13.8. The summed E-state index contributed by atoms with van der Waals surface area (Å²) in [7, 11) is 0. The largest absolute Gasteiger partial charge is 0.494 e. The Labute approximate surface area is 126 Å². The van der Waals surface area contributed by atoms with Crippen molar-refractivity contribution in [2.75, 3.05) is 18.5 Å². The average Bonchev–Trinajstić information content (AvgIpc) is 3.05. The Balaban J connectivity index is 1.64. The monoisotopic (exact) mass is 304 g/mol. The Morgan fingerprint density at radius 3 is 3.00 bits per heavy atom. The maximum atomic E-state index is 5.50. The van der Waals surface area contributed by atoms with Gasteiger partial charge < -0.3 is 14.6 Å². The summed E-state index contributed by atoms with van der Waals surface area (Å²) in [5.74, 6) is 2.18. The van der Waals surface area contributed by atoms with Crippen LogP contribution in [0.4, 0.5) is 5.13 Å². The molecule has 3 rings (SSSR count). The van der Waals surface area contributed by atoms with E-state index in [4.69, 9.17) is 9.26 Å². The van der Waals surface area contributed by atoms with Crippen molar-refractivity contribution in [3.8, 4) is 5.75 Å². The second-order valence-electron chi connectivity index (χ2n) is 4.49. The van der Waals surface area contributed by atoms with Gasteiger partial charge in [0.05, 0.1) is 16.8 Å². The number of thiazole rings is 1. The van der Waals surface area contributed by atoms with Crippen molar-refractivity contribution < 1.29 is 9.26 Å². The van der Waals surface area contributed by atoms with E-state index in [-0.39, 0.29) is 0 Å². The number of rotatable bonds is 6. The number of hydrogen-bond donors (Lipinski definition) is 1. The van der Waals surface area contributed by atoms with Crippen LogP contribution in [0.25, 0.3) is 10.2 Å². The van der Waals surface area contributed by atoms with E-state index in [0.29, 0.717) is 24.7 Å². The van der Waals surface area contributed by atoms with Gasteiger partial charge in [-0.15, -0.1) is 0 Å². The van der Waals surface area contributed by atoms with Gasteiger partial charge in [-0.05, 0) is 25.1 Å². The molecule has 0 fully saturated rings. The number of fused-ring (bicyclic) bond motifs is 1. The molecule has 0 saturated heterocycles. The standard InChI is InChI=1S/C14H16N4O2S/c1-3-19-10-4-5-11-12(8-10)21-14(17-11)15-7-6-13-16-9(2)20-18-13/h4-5,8H,3,6-7H2,1-2H3,(H,15,17). The zero-order valence-corrected chi connectivity index (χ0v) is 12.7. The lowest BCUT2D eigenvalue weighted by Gasteiger charge is -2.00. The fourth-order valence-corrected chi connectivity index (χ4v) is 2.88. The lowest BCUT2D eigenvalue weighted by Crippen LogP contribution is -2.05. The summed E-state index contributed by atoms with van der Waals surface area (Å²) in [6.45, 7) is 5.15. The van der Waals surface area contributed by atoms with E-state index in [0.717, 1.165) is 27.6 Å². The molecule has 0 aliphatic carbocycles. The Bertz CT molecular complexity index is 737. The minimum absolute atomic E-state index is 0.591. The first-order valence-corrected chi connectivity index (χ1v) is 7.62. The number of ether oxygens (including phenoxy) is 1. The van der Waals surface area contributed by atoms with E-state index < -0.39 is 0 Å². The average molecular weight is 304 g/mol. The van der Waals surface area contributed by atoms with Gasteiger partial charge in [-0.25, -0.2) is 4.98 Å². The van der Waals surface area contributed by atoms with Crippen LogP contribution in [0.2, 0.25) is 0 Å². The molecule has 0 radical (unpaired) electrons. The zero-order valence-electron chi connectivity index (χ0n) is 11.9. The number of aryl methyl sites for hydroxylation is 1. The molecule has 0 aliphatic rings. The molecule has 110 valence electrons. The molecule has 0 bridgehead atoms. The SMILES string of the molecule is CCOc1ccc2nc(NCCc3noc(C)n3)sc2c1. The number of nitrogens with zero attached hydrogens (tertiary/aromatic N) is 3. The maximum Gasteiger partial charge on any atom is 0.223 e. The number of nitrogens with one attached hydrogen (secondary N) is 1. The predicted octanol–water partition coefficient (Wildman–Crippen LogP) is 3.04. The number of anilines is 1.